The van der Waals surface area contributed by atoms with Gasteiger partial charge in [0.1, 0.15) is 5.82 Å². The molecular weight excluding hydrogens is 341 g/mol. The summed E-state index contributed by atoms with van der Waals surface area (Å²) < 4.78 is 13.7. The molecule has 1 aromatic heterocycles. The maximum atomic E-state index is 13.7. The smallest absolute Gasteiger partial charge is 0.256 e. The Morgan fingerprint density at radius 1 is 1.28 bits per heavy atom. The number of nitrogens with one attached hydrogen (secondary N) is 1. The third kappa shape index (κ3) is 4.42. The van der Waals surface area contributed by atoms with Gasteiger partial charge in [-0.2, -0.15) is 0 Å². The molecule has 2 heterocycles. The van der Waals surface area contributed by atoms with Crippen LogP contribution in [0.15, 0.2) is 35.2 Å². The molecule has 1 fully saturated rings. The molecule has 1 aromatic carbocycles. The van der Waals surface area contributed by atoms with Gasteiger partial charge in [-0.3, -0.25) is 9.59 Å². The van der Waals surface area contributed by atoms with Crippen LogP contribution in [0.4, 0.5) is 4.39 Å². The number of likely N-dealkylation sites (tertiary alicyclic amines) is 1. The molecule has 25 heavy (non-hydrogen) atoms. The molecule has 0 saturated carbocycles. The molecule has 0 spiro atoms. The standard InChI is InChI=1S/C18H20FN3O2S/c19-16-4-2-1-3-15(16)18(24)22-9-6-13(7-10-22)17(23)20-8-5-14-11-25-12-21-14/h1-4,11-13H,5-10H2,(H,20,23). The lowest BCUT2D eigenvalue weighted by molar-refractivity contribution is -0.126. The second-order valence-corrected chi connectivity index (χ2v) is 6.79. The summed E-state index contributed by atoms with van der Waals surface area (Å²) in [4.78, 5) is 30.4. The van der Waals surface area contributed by atoms with Gasteiger partial charge in [0.25, 0.3) is 5.91 Å². The lowest BCUT2D eigenvalue weighted by Gasteiger charge is -2.31. The first-order valence-corrected chi connectivity index (χ1v) is 9.28. The minimum Gasteiger partial charge on any atom is -0.355 e. The number of carbonyl (C=O) groups excluding carboxylic acids is 2. The Morgan fingerprint density at radius 3 is 2.72 bits per heavy atom. The van der Waals surface area contributed by atoms with Crippen molar-refractivity contribution in [3.8, 4) is 0 Å². The molecule has 2 aromatic rings. The minimum atomic E-state index is -0.505. The molecule has 7 heteroatoms. The van der Waals surface area contributed by atoms with E-state index in [1.165, 1.54) is 12.1 Å². The third-order valence-electron chi connectivity index (χ3n) is 4.42. The number of benzene rings is 1. The lowest BCUT2D eigenvalue weighted by Crippen LogP contribution is -2.43. The fourth-order valence-corrected chi connectivity index (χ4v) is 3.56. The topological polar surface area (TPSA) is 62.3 Å². The Morgan fingerprint density at radius 2 is 2.04 bits per heavy atom. The van der Waals surface area contributed by atoms with Gasteiger partial charge in [-0.15, -0.1) is 11.3 Å². The molecule has 0 radical (unpaired) electrons. The first-order valence-electron chi connectivity index (χ1n) is 8.33. The maximum Gasteiger partial charge on any atom is 0.256 e. The van der Waals surface area contributed by atoms with Crippen molar-refractivity contribution in [3.63, 3.8) is 0 Å². The zero-order chi connectivity index (χ0) is 17.6. The molecule has 1 saturated heterocycles. The SMILES string of the molecule is O=C(NCCc1cscn1)C1CCN(C(=O)c2ccccc2F)CC1. The van der Waals surface area contributed by atoms with E-state index >= 15 is 0 Å². The summed E-state index contributed by atoms with van der Waals surface area (Å²) >= 11 is 1.54. The average Bonchev–Trinajstić information content (AvgIpc) is 3.15. The van der Waals surface area contributed by atoms with E-state index < -0.39 is 5.82 Å². The van der Waals surface area contributed by atoms with Gasteiger partial charge >= 0.3 is 0 Å². The van der Waals surface area contributed by atoms with Crippen molar-refractivity contribution >= 4 is 23.2 Å². The number of amides is 2. The van der Waals surface area contributed by atoms with Crippen LogP contribution >= 0.6 is 11.3 Å². The molecular formula is C18H20FN3O2S. The van der Waals surface area contributed by atoms with E-state index in [0.29, 0.717) is 32.5 Å². The van der Waals surface area contributed by atoms with E-state index in [4.69, 9.17) is 0 Å². The highest BCUT2D eigenvalue weighted by molar-refractivity contribution is 7.07. The maximum absolute atomic E-state index is 13.7. The van der Waals surface area contributed by atoms with Crippen LogP contribution in [0.25, 0.3) is 0 Å². The molecule has 3 rings (SSSR count). The number of rotatable bonds is 5. The van der Waals surface area contributed by atoms with Gasteiger partial charge in [0.05, 0.1) is 16.8 Å². The molecule has 132 valence electrons. The van der Waals surface area contributed by atoms with Crippen LogP contribution in [-0.2, 0) is 11.2 Å². The number of piperidine rings is 1. The van der Waals surface area contributed by atoms with Crippen LogP contribution in [0.3, 0.4) is 0 Å². The summed E-state index contributed by atoms with van der Waals surface area (Å²) in [6, 6.07) is 6.00. The molecule has 0 aliphatic carbocycles. The van der Waals surface area contributed by atoms with Crippen molar-refractivity contribution in [1.82, 2.24) is 15.2 Å². The van der Waals surface area contributed by atoms with Crippen LogP contribution in [0.5, 0.6) is 0 Å². The van der Waals surface area contributed by atoms with Crippen molar-refractivity contribution in [2.75, 3.05) is 19.6 Å². The quantitative estimate of drug-likeness (QED) is 0.890. The monoisotopic (exact) mass is 361 g/mol. The zero-order valence-corrected chi connectivity index (χ0v) is 14.6. The Bertz CT molecular complexity index is 728. The van der Waals surface area contributed by atoms with Gasteiger partial charge in [-0.25, -0.2) is 9.37 Å². The Kier molecular flexibility index (Phi) is 5.75. The van der Waals surface area contributed by atoms with Gasteiger partial charge < -0.3 is 10.2 Å². The molecule has 1 aliphatic heterocycles. The number of hydrogen-bond donors (Lipinski definition) is 1. The zero-order valence-electron chi connectivity index (χ0n) is 13.8. The Balaban J connectivity index is 1.45. The molecule has 0 bridgehead atoms. The van der Waals surface area contributed by atoms with Gasteiger partial charge in [0.15, 0.2) is 0 Å². The molecule has 2 amide bonds. The molecule has 0 unspecified atom stereocenters. The highest BCUT2D eigenvalue weighted by Crippen LogP contribution is 2.20. The first-order chi connectivity index (χ1) is 12.1. The Labute approximate surface area is 149 Å². The van der Waals surface area contributed by atoms with Gasteiger partial charge in [0, 0.05) is 37.4 Å². The fraction of sp³-hybridized carbons (Fsp3) is 0.389. The second-order valence-electron chi connectivity index (χ2n) is 6.07. The number of aromatic nitrogens is 1. The molecule has 1 N–H and O–H groups in total. The largest absolute Gasteiger partial charge is 0.355 e. The predicted octanol–water partition coefficient (Wildman–Crippen LogP) is 2.49. The van der Waals surface area contributed by atoms with Crippen molar-refractivity contribution in [3.05, 3.63) is 52.2 Å². The van der Waals surface area contributed by atoms with Gasteiger partial charge in [-0.05, 0) is 25.0 Å². The van der Waals surface area contributed by atoms with E-state index in [2.05, 4.69) is 10.3 Å². The highest BCUT2D eigenvalue weighted by Gasteiger charge is 2.28. The lowest BCUT2D eigenvalue weighted by atomic mass is 9.95. The summed E-state index contributed by atoms with van der Waals surface area (Å²) in [6.45, 7) is 1.51. The van der Waals surface area contributed by atoms with Crippen LogP contribution < -0.4 is 5.32 Å². The fourth-order valence-electron chi connectivity index (χ4n) is 2.97. The van der Waals surface area contributed by atoms with Crippen LogP contribution in [0.2, 0.25) is 0 Å². The van der Waals surface area contributed by atoms with E-state index in [9.17, 15) is 14.0 Å². The average molecular weight is 361 g/mol. The summed E-state index contributed by atoms with van der Waals surface area (Å²) in [5, 5.41) is 4.91. The predicted molar refractivity (Wildman–Crippen MR) is 93.9 cm³/mol. The second kappa shape index (κ2) is 8.20. The van der Waals surface area contributed by atoms with Gasteiger partial charge in [-0.1, -0.05) is 12.1 Å². The molecule has 1 aliphatic rings. The summed E-state index contributed by atoms with van der Waals surface area (Å²) in [6.07, 6.45) is 1.92. The number of hydrogen-bond acceptors (Lipinski definition) is 4. The van der Waals surface area contributed by atoms with E-state index in [1.54, 1.807) is 33.9 Å². The normalized spacial score (nSPS) is 15.2. The third-order valence-corrected chi connectivity index (χ3v) is 5.06. The van der Waals surface area contributed by atoms with Crippen LogP contribution in [-0.4, -0.2) is 41.3 Å². The van der Waals surface area contributed by atoms with E-state index in [0.717, 1.165) is 12.1 Å². The summed E-state index contributed by atoms with van der Waals surface area (Å²) in [7, 11) is 0. The molecule has 5 nitrogen and oxygen atoms in total. The number of halogens is 1. The molecule has 0 atom stereocenters. The van der Waals surface area contributed by atoms with Crippen molar-refractivity contribution in [1.29, 1.82) is 0 Å². The minimum absolute atomic E-state index is 0.0215. The highest BCUT2D eigenvalue weighted by atomic mass is 32.1. The van der Waals surface area contributed by atoms with E-state index in [-0.39, 0.29) is 23.3 Å². The number of thiazole rings is 1. The first kappa shape index (κ1) is 17.5. The Hall–Kier alpha value is -2.28. The van der Waals surface area contributed by atoms with Crippen LogP contribution in [0, 0.1) is 11.7 Å². The van der Waals surface area contributed by atoms with Crippen molar-refractivity contribution in [2.24, 2.45) is 5.92 Å². The number of carbonyl (C=O) groups is 2. The van der Waals surface area contributed by atoms with Gasteiger partial charge in [0.2, 0.25) is 5.91 Å². The number of nitrogens with zero attached hydrogens (tertiary/aromatic N) is 2. The summed E-state index contributed by atoms with van der Waals surface area (Å²) in [5.74, 6) is -0.886. The van der Waals surface area contributed by atoms with E-state index in [1.807, 2.05) is 5.38 Å². The van der Waals surface area contributed by atoms with Crippen molar-refractivity contribution in [2.45, 2.75) is 19.3 Å². The van der Waals surface area contributed by atoms with Crippen molar-refractivity contribution < 1.29 is 14.0 Å². The summed E-state index contributed by atoms with van der Waals surface area (Å²) in [5.41, 5.74) is 2.85. The van der Waals surface area contributed by atoms with Crippen LogP contribution in [0.1, 0.15) is 28.9 Å².